The van der Waals surface area contributed by atoms with E-state index < -0.39 is 17.5 Å². The molecule has 1 heterocycles. The average Bonchev–Trinajstić information content (AvgIpc) is 2.49. The smallest absolute Gasteiger partial charge is 0.318 e. The van der Waals surface area contributed by atoms with Crippen LogP contribution in [0.5, 0.6) is 0 Å². The van der Waals surface area contributed by atoms with E-state index >= 15 is 0 Å². The van der Waals surface area contributed by atoms with Crippen molar-refractivity contribution in [2.45, 2.75) is 26.0 Å². The van der Waals surface area contributed by atoms with Crippen LogP contribution in [-0.2, 0) is 16.9 Å². The van der Waals surface area contributed by atoms with E-state index in [1.54, 1.807) is 13.8 Å². The van der Waals surface area contributed by atoms with Gasteiger partial charge in [-0.25, -0.2) is 9.48 Å². The second kappa shape index (κ2) is 4.27. The van der Waals surface area contributed by atoms with Crippen LogP contribution >= 0.6 is 0 Å². The van der Waals surface area contributed by atoms with Gasteiger partial charge in [0.15, 0.2) is 0 Å². The van der Waals surface area contributed by atoms with Crippen LogP contribution in [0, 0.1) is 0 Å². The van der Waals surface area contributed by atoms with Gasteiger partial charge in [-0.15, -0.1) is 5.10 Å². The van der Waals surface area contributed by atoms with E-state index in [9.17, 15) is 14.7 Å². The molecule has 8 heteroatoms. The van der Waals surface area contributed by atoms with Crippen molar-refractivity contribution in [3.63, 3.8) is 0 Å². The van der Waals surface area contributed by atoms with Gasteiger partial charge in [0.1, 0.15) is 17.8 Å². The molecule has 0 aromatic carbocycles. The molecule has 88 valence electrons. The van der Waals surface area contributed by atoms with Crippen molar-refractivity contribution in [1.82, 2.24) is 20.3 Å². The van der Waals surface area contributed by atoms with E-state index in [1.807, 2.05) is 5.32 Å². The molecule has 0 atom stereocenters. The molecular formula is C8H13N5O3. The number of nitrogens with one attached hydrogen (secondary N) is 1. The van der Waals surface area contributed by atoms with Crippen molar-refractivity contribution >= 4 is 11.9 Å². The maximum atomic E-state index is 11.1. The summed E-state index contributed by atoms with van der Waals surface area (Å²) in [5, 5.41) is 18.8. The Labute approximate surface area is 91.4 Å². The molecule has 0 aliphatic carbocycles. The first kappa shape index (κ1) is 12.1. The van der Waals surface area contributed by atoms with Crippen LogP contribution in [0.25, 0.3) is 0 Å². The predicted molar refractivity (Wildman–Crippen MR) is 53.0 cm³/mol. The molecule has 16 heavy (non-hydrogen) atoms. The Bertz CT molecular complexity index is 406. The Hall–Kier alpha value is -1.96. The summed E-state index contributed by atoms with van der Waals surface area (Å²) >= 11 is 0. The van der Waals surface area contributed by atoms with Gasteiger partial charge in [-0.05, 0) is 13.8 Å². The normalized spacial score (nSPS) is 11.2. The highest BCUT2D eigenvalue weighted by Crippen LogP contribution is 2.15. The molecule has 1 aromatic heterocycles. The zero-order valence-corrected chi connectivity index (χ0v) is 8.97. The molecule has 0 fully saturated rings. The molecule has 0 aliphatic heterocycles. The number of nitrogens with two attached hydrogens (primary N) is 1. The maximum Gasteiger partial charge on any atom is 0.318 e. The van der Waals surface area contributed by atoms with Crippen molar-refractivity contribution < 1.29 is 14.7 Å². The first-order valence-electron chi connectivity index (χ1n) is 4.51. The summed E-state index contributed by atoms with van der Waals surface area (Å²) in [6.07, 6.45) is 1.42. The number of amides is 3. The number of carbonyl (C=O) groups excluding carboxylic acids is 2. The maximum absolute atomic E-state index is 11.1. The lowest BCUT2D eigenvalue weighted by Crippen LogP contribution is -2.37. The number of hydrogen-bond donors (Lipinski definition) is 3. The van der Waals surface area contributed by atoms with Crippen LogP contribution in [0.2, 0.25) is 0 Å². The van der Waals surface area contributed by atoms with Gasteiger partial charge in [0.2, 0.25) is 5.91 Å². The molecule has 1 rings (SSSR count). The fourth-order valence-electron chi connectivity index (χ4n) is 0.980. The Morgan fingerprint density at radius 2 is 2.25 bits per heavy atom. The minimum absolute atomic E-state index is 0.188. The van der Waals surface area contributed by atoms with Crippen LogP contribution in [0.3, 0.4) is 0 Å². The number of hydrogen-bond acceptors (Lipinski definition) is 5. The van der Waals surface area contributed by atoms with E-state index in [2.05, 4.69) is 10.3 Å². The molecule has 4 N–H and O–H groups in total. The van der Waals surface area contributed by atoms with Crippen molar-refractivity contribution in [3.05, 3.63) is 11.9 Å². The zero-order valence-electron chi connectivity index (χ0n) is 8.97. The fourth-order valence-corrected chi connectivity index (χ4v) is 0.980. The number of rotatable bonds is 3. The summed E-state index contributed by atoms with van der Waals surface area (Å²) in [6, 6.07) is -0.923. The number of primary amides is 1. The minimum Gasteiger partial charge on any atom is -0.384 e. The molecule has 0 radical (unpaired) electrons. The van der Waals surface area contributed by atoms with E-state index in [1.165, 1.54) is 10.9 Å². The van der Waals surface area contributed by atoms with Crippen LogP contribution in [0.15, 0.2) is 6.20 Å². The number of urea groups is 1. The number of aromatic nitrogens is 3. The topological polar surface area (TPSA) is 123 Å². The van der Waals surface area contributed by atoms with Crippen LogP contribution < -0.4 is 11.1 Å². The molecule has 0 bridgehead atoms. The molecule has 8 nitrogen and oxygen atoms in total. The lowest BCUT2D eigenvalue weighted by Gasteiger charge is -2.11. The first-order valence-corrected chi connectivity index (χ1v) is 4.51. The van der Waals surface area contributed by atoms with E-state index in [-0.39, 0.29) is 6.54 Å². The van der Waals surface area contributed by atoms with E-state index in [0.717, 1.165) is 0 Å². The summed E-state index contributed by atoms with van der Waals surface area (Å²) in [4.78, 5) is 21.5. The highest BCUT2D eigenvalue weighted by atomic mass is 16.3. The van der Waals surface area contributed by atoms with Gasteiger partial charge in [0.25, 0.3) is 0 Å². The highest BCUT2D eigenvalue weighted by Gasteiger charge is 2.20. The van der Waals surface area contributed by atoms with Crippen molar-refractivity contribution in [2.75, 3.05) is 0 Å². The molecule has 0 saturated carbocycles. The number of nitrogens with zero attached hydrogens (tertiary/aromatic N) is 3. The van der Waals surface area contributed by atoms with E-state index in [0.29, 0.717) is 5.69 Å². The lowest BCUT2D eigenvalue weighted by molar-refractivity contribution is -0.120. The van der Waals surface area contributed by atoms with Crippen molar-refractivity contribution in [1.29, 1.82) is 0 Å². The third kappa shape index (κ3) is 3.31. The second-order valence-corrected chi connectivity index (χ2v) is 3.77. The molecule has 0 unspecified atom stereocenters. The molecule has 0 saturated heterocycles. The third-order valence-electron chi connectivity index (χ3n) is 1.73. The van der Waals surface area contributed by atoms with Crippen LogP contribution in [0.4, 0.5) is 4.79 Å². The van der Waals surface area contributed by atoms with Crippen LogP contribution in [-0.4, -0.2) is 32.0 Å². The van der Waals surface area contributed by atoms with Gasteiger partial charge >= 0.3 is 6.03 Å². The highest BCUT2D eigenvalue weighted by molar-refractivity contribution is 5.93. The number of aliphatic hydroxyl groups is 1. The molecule has 1 aromatic rings. The molecular weight excluding hydrogens is 214 g/mol. The summed E-state index contributed by atoms with van der Waals surface area (Å²) in [5.41, 5.74) is 3.97. The Morgan fingerprint density at radius 1 is 1.62 bits per heavy atom. The lowest BCUT2D eigenvalue weighted by atomic mass is 10.1. The van der Waals surface area contributed by atoms with Gasteiger partial charge < -0.3 is 10.8 Å². The monoisotopic (exact) mass is 227 g/mol. The summed E-state index contributed by atoms with van der Waals surface area (Å²) < 4.78 is 1.20. The van der Waals surface area contributed by atoms with Gasteiger partial charge in [0, 0.05) is 0 Å². The molecule has 3 amide bonds. The Balaban J connectivity index is 2.66. The molecule has 0 aliphatic rings. The van der Waals surface area contributed by atoms with Gasteiger partial charge in [0.05, 0.1) is 6.20 Å². The summed E-state index contributed by atoms with van der Waals surface area (Å²) in [6.45, 7) is 2.90. The second-order valence-electron chi connectivity index (χ2n) is 3.77. The fraction of sp³-hybridized carbons (Fsp3) is 0.500. The van der Waals surface area contributed by atoms with Crippen molar-refractivity contribution in [2.24, 2.45) is 5.73 Å². The standard InChI is InChI=1S/C8H13N5O3/c1-8(2,16)5-3-13(12-11-5)4-6(14)10-7(9)15/h3,16H,4H2,1-2H3,(H3,9,10,14,15). The van der Waals surface area contributed by atoms with E-state index in [4.69, 9.17) is 5.73 Å². The summed E-state index contributed by atoms with van der Waals surface area (Å²) in [7, 11) is 0. The van der Waals surface area contributed by atoms with Gasteiger partial charge in [-0.1, -0.05) is 5.21 Å². The molecule has 0 spiro atoms. The van der Waals surface area contributed by atoms with Gasteiger partial charge in [-0.3, -0.25) is 10.1 Å². The quantitative estimate of drug-likeness (QED) is 0.592. The minimum atomic E-state index is -1.13. The first-order chi connectivity index (χ1) is 7.29. The Kier molecular flexibility index (Phi) is 3.23. The average molecular weight is 227 g/mol. The van der Waals surface area contributed by atoms with Crippen LogP contribution in [0.1, 0.15) is 19.5 Å². The number of carbonyl (C=O) groups is 2. The van der Waals surface area contributed by atoms with Crippen molar-refractivity contribution in [3.8, 4) is 0 Å². The third-order valence-corrected chi connectivity index (χ3v) is 1.73. The predicted octanol–water partition coefficient (Wildman–Crippen LogP) is -1.30. The van der Waals surface area contributed by atoms with Gasteiger partial charge in [-0.2, -0.15) is 0 Å². The zero-order chi connectivity index (χ0) is 12.3. The number of imide groups is 1. The Morgan fingerprint density at radius 3 is 2.69 bits per heavy atom. The largest absolute Gasteiger partial charge is 0.384 e. The summed E-state index contributed by atoms with van der Waals surface area (Å²) in [5.74, 6) is -0.598. The SMILES string of the molecule is CC(C)(O)c1cn(CC(=O)NC(N)=O)nn1.